The smallest absolute Gasteiger partial charge is 0.237 e. The molecule has 0 bridgehead atoms. The first-order chi connectivity index (χ1) is 4.86. The normalized spacial score (nSPS) is 23.3. The fraction of sp³-hybridized carbons (Fsp3) is 0.167. The van der Waals surface area contributed by atoms with E-state index in [2.05, 4.69) is 11.2 Å². The molecule has 2 aliphatic heterocycles. The lowest BCUT2D eigenvalue weighted by molar-refractivity contribution is 0.497. The summed E-state index contributed by atoms with van der Waals surface area (Å²) >= 11 is 5.69. The number of aliphatic imine (C=N–C) groups is 1. The second kappa shape index (κ2) is 2.11. The van der Waals surface area contributed by atoms with Crippen LogP contribution in [0.5, 0.6) is 0 Å². The minimum absolute atomic E-state index is 0.643. The molecule has 0 saturated carbocycles. The summed E-state index contributed by atoms with van der Waals surface area (Å²) in [4.78, 5) is 5.87. The number of hydrogen-bond donors (Lipinski definition) is 0. The monoisotopic (exact) mass is 154 g/mol. The van der Waals surface area contributed by atoms with E-state index in [-0.39, 0.29) is 0 Å². The Bertz CT molecular complexity index is 231. The number of amidine groups is 1. The molecule has 2 radical (unpaired) electrons. The molecule has 2 heterocycles. The predicted molar refractivity (Wildman–Crippen MR) is 39.1 cm³/mol. The van der Waals surface area contributed by atoms with Gasteiger partial charge in [-0.25, -0.2) is 4.42 Å². The van der Waals surface area contributed by atoms with Gasteiger partial charge in [0.1, 0.15) is 0 Å². The lowest BCUT2D eigenvalue weighted by atomic mass is 10.4. The maximum absolute atomic E-state index is 5.69. The molecule has 2 rings (SSSR count). The van der Waals surface area contributed by atoms with Crippen LogP contribution >= 0.6 is 11.8 Å². The average Bonchev–Trinajstić information content (AvgIpc) is 2.33. The van der Waals surface area contributed by atoms with Crippen molar-refractivity contribution in [3.63, 3.8) is 0 Å². The first-order valence-corrected chi connectivity index (χ1v) is 3.24. The molecule has 0 aromatic heterocycles. The molecule has 0 saturated heterocycles. The highest BCUT2D eigenvalue weighted by molar-refractivity contribution is 6.15. The van der Waals surface area contributed by atoms with Crippen molar-refractivity contribution in [2.24, 2.45) is 4.99 Å². The summed E-state index contributed by atoms with van der Waals surface area (Å²) < 4.78 is 1.56. The van der Waals surface area contributed by atoms with Gasteiger partial charge in [-0.3, -0.25) is 0 Å². The van der Waals surface area contributed by atoms with Crippen LogP contribution in [0.25, 0.3) is 0 Å². The fourth-order valence-electron chi connectivity index (χ4n) is 0.882. The molecule has 0 amide bonds. The summed E-state index contributed by atoms with van der Waals surface area (Å²) in [5, 5.41) is 0. The van der Waals surface area contributed by atoms with Crippen molar-refractivity contribution in [2.75, 3.05) is 6.67 Å². The van der Waals surface area contributed by atoms with E-state index in [9.17, 15) is 0 Å². The lowest BCUT2D eigenvalue weighted by Crippen LogP contribution is -2.37. The maximum Gasteiger partial charge on any atom is 0.285 e. The van der Waals surface area contributed by atoms with Crippen LogP contribution < -0.4 is 4.90 Å². The second-order valence-electron chi connectivity index (χ2n) is 2.05. The first-order valence-electron chi connectivity index (χ1n) is 2.90. The van der Waals surface area contributed by atoms with Gasteiger partial charge in [-0.2, -0.15) is 4.99 Å². The molecule has 0 aromatic rings. The quantitative estimate of drug-likeness (QED) is 0.373. The SMILES string of the molecule is ClN1C=CC2=N[C]=C[N+]2C1. The van der Waals surface area contributed by atoms with E-state index in [0.717, 1.165) is 5.84 Å². The van der Waals surface area contributed by atoms with E-state index in [1.54, 1.807) is 16.8 Å². The molecule has 3 nitrogen and oxygen atoms in total. The maximum atomic E-state index is 5.69. The van der Waals surface area contributed by atoms with Crippen molar-refractivity contribution in [2.45, 2.75) is 0 Å². The van der Waals surface area contributed by atoms with Crippen LogP contribution in [0.2, 0.25) is 0 Å². The molecule has 0 unspecified atom stereocenters. The van der Waals surface area contributed by atoms with Crippen molar-refractivity contribution >= 4 is 17.6 Å². The lowest BCUT2D eigenvalue weighted by Gasteiger charge is -2.13. The van der Waals surface area contributed by atoms with Gasteiger partial charge in [-0.05, 0) is 0 Å². The van der Waals surface area contributed by atoms with Gasteiger partial charge >= 0.3 is 0 Å². The molecular formula is C6H5ClN3+. The average molecular weight is 155 g/mol. The minimum atomic E-state index is 0.643. The van der Waals surface area contributed by atoms with E-state index in [1.165, 1.54) is 0 Å². The van der Waals surface area contributed by atoms with Crippen LogP contribution in [0.4, 0.5) is 0 Å². The van der Waals surface area contributed by atoms with Crippen LogP contribution in [-0.2, 0) is 0 Å². The van der Waals surface area contributed by atoms with Crippen LogP contribution in [0, 0.1) is 6.20 Å². The Morgan fingerprint density at radius 2 is 2.70 bits per heavy atom. The first kappa shape index (κ1) is 5.95. The number of hydrogen-bond acceptors (Lipinski definition) is 3. The molecule has 2 aliphatic rings. The topological polar surface area (TPSA) is 21.5 Å². The van der Waals surface area contributed by atoms with Crippen molar-refractivity contribution in [1.29, 1.82) is 0 Å². The highest BCUT2D eigenvalue weighted by atomic mass is 35.5. The standard InChI is InChI=1S/C6H5ClN3/c7-10-3-1-6-8-2-4-9(6)5-10/h1,3-4H,5H2/q+1. The van der Waals surface area contributed by atoms with E-state index < -0.39 is 0 Å². The van der Waals surface area contributed by atoms with Gasteiger partial charge in [-0.1, -0.05) is 4.90 Å². The Morgan fingerprint density at radius 3 is 3.60 bits per heavy atom. The summed E-state index contributed by atoms with van der Waals surface area (Å²) in [7, 11) is 0. The molecule has 0 N–H and O–H groups in total. The van der Waals surface area contributed by atoms with E-state index in [0.29, 0.717) is 6.67 Å². The third kappa shape index (κ3) is 0.836. The predicted octanol–water partition coefficient (Wildman–Crippen LogP) is 0.754. The Labute approximate surface area is 64.0 Å². The van der Waals surface area contributed by atoms with Gasteiger partial charge in [0, 0.05) is 24.1 Å². The van der Waals surface area contributed by atoms with Crippen molar-refractivity contribution in [3.05, 3.63) is 24.7 Å². The Balaban J connectivity index is 2.27. The summed E-state index contributed by atoms with van der Waals surface area (Å²) in [6, 6.07) is 0. The van der Waals surface area contributed by atoms with Crippen LogP contribution in [0.3, 0.4) is 0 Å². The molecule has 50 valence electrons. The van der Waals surface area contributed by atoms with E-state index >= 15 is 0 Å². The van der Waals surface area contributed by atoms with Gasteiger partial charge < -0.3 is 0 Å². The zero-order chi connectivity index (χ0) is 6.97. The van der Waals surface area contributed by atoms with Crippen LogP contribution in [0.1, 0.15) is 0 Å². The Kier molecular flexibility index (Phi) is 1.25. The number of halogens is 1. The highest BCUT2D eigenvalue weighted by Crippen LogP contribution is 2.09. The Morgan fingerprint density at radius 1 is 1.80 bits per heavy atom. The van der Waals surface area contributed by atoms with Crippen LogP contribution in [0.15, 0.2) is 23.5 Å². The van der Waals surface area contributed by atoms with Gasteiger partial charge in [0.2, 0.25) is 6.67 Å². The molecule has 0 spiro atoms. The summed E-state index contributed by atoms with van der Waals surface area (Å²) in [6.07, 6.45) is 8.12. The second-order valence-corrected chi connectivity index (χ2v) is 2.49. The molecule has 0 atom stereocenters. The summed E-state index contributed by atoms with van der Waals surface area (Å²) in [5.74, 6) is 0.900. The van der Waals surface area contributed by atoms with Gasteiger partial charge in [-0.15, -0.1) is 0 Å². The third-order valence-electron chi connectivity index (χ3n) is 1.36. The van der Waals surface area contributed by atoms with Crippen LogP contribution in [-0.4, -0.2) is 16.9 Å². The van der Waals surface area contributed by atoms with Gasteiger partial charge in [0.25, 0.3) is 5.84 Å². The number of rotatable bonds is 0. The molecular weight excluding hydrogens is 150 g/mol. The third-order valence-corrected chi connectivity index (χ3v) is 1.58. The fourth-order valence-corrected chi connectivity index (χ4v) is 1.05. The Hall–Kier alpha value is -0.800. The highest BCUT2D eigenvalue weighted by Gasteiger charge is 2.28. The summed E-state index contributed by atoms with van der Waals surface area (Å²) in [6.45, 7) is 0.643. The largest absolute Gasteiger partial charge is 0.285 e. The van der Waals surface area contributed by atoms with Crippen molar-refractivity contribution in [1.82, 2.24) is 9.32 Å². The van der Waals surface area contributed by atoms with E-state index in [1.807, 2.05) is 11.0 Å². The number of nitrogens with zero attached hydrogens (tertiary/aromatic N) is 3. The molecule has 10 heavy (non-hydrogen) atoms. The zero-order valence-corrected chi connectivity index (χ0v) is 5.91. The van der Waals surface area contributed by atoms with Gasteiger partial charge in [0.15, 0.2) is 12.4 Å². The van der Waals surface area contributed by atoms with Gasteiger partial charge in [0.05, 0.1) is 0 Å². The molecule has 4 heteroatoms. The number of fused-ring (bicyclic) bond motifs is 1. The molecule has 0 aromatic carbocycles. The van der Waals surface area contributed by atoms with Crippen molar-refractivity contribution < 1.29 is 0 Å². The molecule has 0 fully saturated rings. The zero-order valence-electron chi connectivity index (χ0n) is 5.16. The molecule has 0 aliphatic carbocycles. The summed E-state index contributed by atoms with van der Waals surface area (Å²) in [5.41, 5.74) is 0. The van der Waals surface area contributed by atoms with Crippen molar-refractivity contribution in [3.8, 4) is 0 Å². The van der Waals surface area contributed by atoms with E-state index in [4.69, 9.17) is 11.8 Å². The minimum Gasteiger partial charge on any atom is -0.237 e.